The van der Waals surface area contributed by atoms with Crippen LogP contribution in [-0.2, 0) is 0 Å². The van der Waals surface area contributed by atoms with Crippen molar-refractivity contribution in [2.45, 2.75) is 0 Å². The maximum atomic E-state index is 8.87. The van der Waals surface area contributed by atoms with Gasteiger partial charge in [-0.2, -0.15) is 0 Å². The quantitative estimate of drug-likeness (QED) is 0.165. The third-order valence-electron chi connectivity index (χ3n) is 9.27. The summed E-state index contributed by atoms with van der Waals surface area (Å²) >= 11 is 0. The van der Waals surface area contributed by atoms with Gasteiger partial charge in [-0.15, -0.1) is 0 Å². The first-order valence-electron chi connectivity index (χ1n) is 22.2. The molecule has 0 saturated carbocycles. The van der Waals surface area contributed by atoms with E-state index in [1.165, 1.54) is 0 Å². The molecule has 0 bridgehead atoms. The fraction of sp³-hybridized carbons (Fsp3) is 0. The molecule has 2 aromatic heterocycles. The highest BCUT2D eigenvalue weighted by molar-refractivity contribution is 6.13. The highest BCUT2D eigenvalue weighted by atomic mass is 16.3. The number of anilines is 3. The standard InChI is InChI=1S/C49H32N4O/c1-4-14-33(15-5-1)35-24-27-39(28-25-35)53(40-29-26-34-16-10-11-21-38(34)30-40)41-31-43(46-42-22-12-13-23-44(42)54-45(46)32-41)49-51-47(36-17-6-2-7-18-36)50-48(52-49)37-19-8-3-9-20-37/h1-32H/i2D,3D,6D,7D,8D,9D,17D,18D,19D,20D. The Bertz CT molecular complexity index is 3380. The summed E-state index contributed by atoms with van der Waals surface area (Å²) in [6, 6.07) is 37.4. The van der Waals surface area contributed by atoms with Crippen LogP contribution in [0.15, 0.2) is 198 Å². The lowest BCUT2D eigenvalue weighted by Crippen LogP contribution is -2.10. The molecule has 10 rings (SSSR count). The molecule has 0 saturated heterocycles. The molecule has 254 valence electrons. The van der Waals surface area contributed by atoms with E-state index in [0.29, 0.717) is 33.2 Å². The van der Waals surface area contributed by atoms with Crippen LogP contribution < -0.4 is 4.90 Å². The van der Waals surface area contributed by atoms with Crippen LogP contribution in [0.4, 0.5) is 17.1 Å². The fourth-order valence-corrected chi connectivity index (χ4v) is 6.79. The molecular weight excluding hydrogens is 661 g/mol. The molecule has 0 aliphatic carbocycles. The molecule has 0 fully saturated rings. The maximum Gasteiger partial charge on any atom is 0.164 e. The molecule has 0 spiro atoms. The molecule has 5 heteroatoms. The average Bonchev–Trinajstić information content (AvgIpc) is 3.70. The van der Waals surface area contributed by atoms with Crippen molar-refractivity contribution in [1.82, 2.24) is 15.0 Å². The van der Waals surface area contributed by atoms with Gasteiger partial charge in [-0.3, -0.25) is 0 Å². The summed E-state index contributed by atoms with van der Waals surface area (Å²) in [5.74, 6) is -0.800. The van der Waals surface area contributed by atoms with Gasteiger partial charge in [0.1, 0.15) is 11.2 Å². The summed E-state index contributed by atoms with van der Waals surface area (Å²) in [4.78, 5) is 16.2. The maximum absolute atomic E-state index is 8.87. The third-order valence-corrected chi connectivity index (χ3v) is 9.27. The molecule has 0 amide bonds. The van der Waals surface area contributed by atoms with Gasteiger partial charge in [-0.1, -0.05) is 151 Å². The van der Waals surface area contributed by atoms with Crippen LogP contribution >= 0.6 is 0 Å². The Hall–Kier alpha value is -7.37. The Morgan fingerprint density at radius 2 is 1.02 bits per heavy atom. The van der Waals surface area contributed by atoms with Crippen LogP contribution in [0.3, 0.4) is 0 Å². The number of hydrogen-bond donors (Lipinski definition) is 0. The minimum Gasteiger partial charge on any atom is -0.456 e. The smallest absolute Gasteiger partial charge is 0.164 e. The monoisotopic (exact) mass is 702 g/mol. The minimum atomic E-state index is -0.628. The van der Waals surface area contributed by atoms with E-state index in [2.05, 4.69) is 16.0 Å². The summed E-state index contributed by atoms with van der Waals surface area (Å²) in [7, 11) is 0. The Kier molecular flexibility index (Phi) is 5.56. The Labute approximate surface area is 326 Å². The largest absolute Gasteiger partial charge is 0.456 e. The van der Waals surface area contributed by atoms with Crippen LogP contribution in [0.2, 0.25) is 0 Å². The second kappa shape index (κ2) is 13.3. The van der Waals surface area contributed by atoms with Crippen LogP contribution in [0.25, 0.3) is 78.0 Å². The highest BCUT2D eigenvalue weighted by Crippen LogP contribution is 2.44. The van der Waals surface area contributed by atoms with Gasteiger partial charge in [-0.25, -0.2) is 15.0 Å². The average molecular weight is 703 g/mol. The Balaban J connectivity index is 1.29. The lowest BCUT2D eigenvalue weighted by Gasteiger charge is -2.26. The van der Waals surface area contributed by atoms with Gasteiger partial charge in [0.05, 0.1) is 19.4 Å². The topological polar surface area (TPSA) is 55.1 Å². The molecule has 0 unspecified atom stereocenters. The van der Waals surface area contributed by atoms with Crippen LogP contribution in [-0.4, -0.2) is 15.0 Å². The van der Waals surface area contributed by atoms with E-state index >= 15 is 0 Å². The van der Waals surface area contributed by atoms with Gasteiger partial charge < -0.3 is 9.32 Å². The molecule has 0 radical (unpaired) electrons. The highest BCUT2D eigenvalue weighted by Gasteiger charge is 2.22. The summed E-state index contributed by atoms with van der Waals surface area (Å²) in [6.45, 7) is 0. The molecule has 8 aromatic carbocycles. The first kappa shape index (κ1) is 22.5. The summed E-state index contributed by atoms with van der Waals surface area (Å²) in [6.07, 6.45) is 0. The lowest BCUT2D eigenvalue weighted by molar-refractivity contribution is 0.669. The predicted octanol–water partition coefficient (Wildman–Crippen LogP) is 13.1. The SMILES string of the molecule is [2H]c1c([2H])c([2H])c(-c2nc(-c3c([2H])c([2H])c([2H])c([2H])c3[2H])nc(-c3cc(N(c4ccc(-c5ccccc5)cc4)c4ccc5ccccc5c4)cc4oc5ccccc5c34)n2)c([2H])c1[2H]. The van der Waals surface area contributed by atoms with Crippen molar-refractivity contribution in [3.63, 3.8) is 0 Å². The predicted molar refractivity (Wildman–Crippen MR) is 221 cm³/mol. The van der Waals surface area contributed by atoms with E-state index in [1.807, 2.05) is 127 Å². The molecule has 54 heavy (non-hydrogen) atoms. The third kappa shape index (κ3) is 5.74. The fourth-order valence-electron chi connectivity index (χ4n) is 6.79. The van der Waals surface area contributed by atoms with E-state index in [-0.39, 0.29) is 28.6 Å². The van der Waals surface area contributed by atoms with E-state index < -0.39 is 60.4 Å². The summed E-state index contributed by atoms with van der Waals surface area (Å²) in [5, 5.41) is 3.31. The van der Waals surface area contributed by atoms with Gasteiger partial charge in [0.15, 0.2) is 17.5 Å². The van der Waals surface area contributed by atoms with Crippen molar-refractivity contribution in [3.05, 3.63) is 194 Å². The molecule has 5 nitrogen and oxygen atoms in total. The lowest BCUT2D eigenvalue weighted by atomic mass is 10.0. The van der Waals surface area contributed by atoms with Gasteiger partial charge in [0.25, 0.3) is 0 Å². The molecule has 10 aromatic rings. The minimum absolute atomic E-state index is 0.0742. The number of para-hydroxylation sites is 1. The first-order chi connectivity index (χ1) is 30.9. The Morgan fingerprint density at radius 1 is 0.426 bits per heavy atom. The summed E-state index contributed by atoms with van der Waals surface area (Å²) in [5.41, 5.74) is 4.93. The molecule has 0 N–H and O–H groups in total. The van der Waals surface area contributed by atoms with Crippen LogP contribution in [0, 0.1) is 0 Å². The normalized spacial score (nSPS) is 13.9. The second-order valence-electron chi connectivity index (χ2n) is 12.6. The van der Waals surface area contributed by atoms with E-state index in [4.69, 9.17) is 28.1 Å². The van der Waals surface area contributed by atoms with Crippen molar-refractivity contribution >= 4 is 49.8 Å². The van der Waals surface area contributed by atoms with Gasteiger partial charge in [-0.05, 0) is 58.3 Å². The molecular formula is C49H32N4O. The van der Waals surface area contributed by atoms with Crippen molar-refractivity contribution in [3.8, 4) is 45.3 Å². The van der Waals surface area contributed by atoms with Gasteiger partial charge in [0, 0.05) is 44.9 Å². The number of furan rings is 1. The van der Waals surface area contributed by atoms with E-state index in [9.17, 15) is 0 Å². The number of fused-ring (bicyclic) bond motifs is 4. The zero-order valence-corrected chi connectivity index (χ0v) is 28.4. The number of benzene rings is 8. The van der Waals surface area contributed by atoms with E-state index in [0.717, 1.165) is 33.3 Å². The zero-order chi connectivity index (χ0) is 44.6. The van der Waals surface area contributed by atoms with Crippen molar-refractivity contribution in [2.75, 3.05) is 4.90 Å². The number of nitrogens with zero attached hydrogens (tertiary/aromatic N) is 4. The molecule has 2 heterocycles. The number of rotatable bonds is 7. The molecule has 0 atom stereocenters. The molecule has 0 aliphatic heterocycles. The zero-order valence-electron chi connectivity index (χ0n) is 38.4. The second-order valence-corrected chi connectivity index (χ2v) is 12.6. The van der Waals surface area contributed by atoms with Crippen LogP contribution in [0.1, 0.15) is 13.7 Å². The molecule has 0 aliphatic rings. The van der Waals surface area contributed by atoms with Gasteiger partial charge >= 0.3 is 0 Å². The Morgan fingerprint density at radius 3 is 1.74 bits per heavy atom. The number of aromatic nitrogens is 3. The van der Waals surface area contributed by atoms with E-state index in [1.54, 1.807) is 0 Å². The first-order valence-corrected chi connectivity index (χ1v) is 17.2. The van der Waals surface area contributed by atoms with Crippen molar-refractivity contribution < 1.29 is 18.1 Å². The van der Waals surface area contributed by atoms with Gasteiger partial charge in [0.2, 0.25) is 0 Å². The van der Waals surface area contributed by atoms with Crippen LogP contribution in [0.5, 0.6) is 0 Å². The summed E-state index contributed by atoms with van der Waals surface area (Å²) < 4.78 is 92.4. The van der Waals surface area contributed by atoms with Crippen molar-refractivity contribution in [1.29, 1.82) is 0 Å². The number of hydrogen-bond acceptors (Lipinski definition) is 5. The van der Waals surface area contributed by atoms with Crippen molar-refractivity contribution in [2.24, 2.45) is 0 Å².